The number of carbonyl (C=O) groups is 1. The van der Waals surface area contributed by atoms with Gasteiger partial charge >= 0.3 is 5.97 Å². The third kappa shape index (κ3) is 4.29. The monoisotopic (exact) mass is 458 g/mol. The molecule has 0 N–H and O–H groups in total. The number of rotatable bonds is 5. The third-order valence-corrected chi connectivity index (χ3v) is 5.35. The van der Waals surface area contributed by atoms with Crippen molar-refractivity contribution >= 4 is 38.9 Å². The summed E-state index contributed by atoms with van der Waals surface area (Å²) in [6.45, 7) is 5.74. The lowest BCUT2D eigenvalue weighted by atomic mass is 10.1. The van der Waals surface area contributed by atoms with E-state index in [2.05, 4.69) is 20.9 Å². The topological polar surface area (TPSA) is 61.2 Å². The normalized spacial score (nSPS) is 11.3. The van der Waals surface area contributed by atoms with Crippen LogP contribution in [0.15, 0.2) is 45.7 Å². The minimum atomic E-state index is -0.575. The molecular formula is C22H20BrFN2O3. The number of esters is 1. The van der Waals surface area contributed by atoms with Crippen LogP contribution >= 0.6 is 15.9 Å². The number of nitrogens with zero attached hydrogens (tertiary/aromatic N) is 2. The van der Waals surface area contributed by atoms with Gasteiger partial charge in [0.2, 0.25) is 0 Å². The van der Waals surface area contributed by atoms with E-state index in [-0.39, 0.29) is 28.6 Å². The molecule has 3 rings (SSSR count). The Bertz CT molecular complexity index is 1180. The lowest BCUT2D eigenvalue weighted by Gasteiger charge is -2.14. The molecule has 0 saturated heterocycles. The molecule has 0 aliphatic heterocycles. The summed E-state index contributed by atoms with van der Waals surface area (Å²) in [4.78, 5) is 29.3. The first-order chi connectivity index (χ1) is 13.8. The predicted molar refractivity (Wildman–Crippen MR) is 115 cm³/mol. The standard InChI is InChI=1S/C22H20BrFN2O3/c1-4-20-25-19-12-18(24)14(6-9-21(27)29-5-2)11-16(19)22(28)26(20)15-7-8-17(23)13(3)10-15/h6-12H,4-5H2,1-3H3/b9-6+. The number of fused-ring (bicyclic) bond motifs is 1. The van der Waals surface area contributed by atoms with Crippen LogP contribution in [0.25, 0.3) is 22.7 Å². The maximum absolute atomic E-state index is 14.5. The number of aromatic nitrogens is 2. The number of hydrogen-bond donors (Lipinski definition) is 0. The fourth-order valence-corrected chi connectivity index (χ4v) is 3.26. The highest BCUT2D eigenvalue weighted by molar-refractivity contribution is 9.10. The van der Waals surface area contributed by atoms with Crippen molar-refractivity contribution in [2.45, 2.75) is 27.2 Å². The maximum atomic E-state index is 14.5. The summed E-state index contributed by atoms with van der Waals surface area (Å²) in [7, 11) is 0. The number of aryl methyl sites for hydroxylation is 2. The van der Waals surface area contributed by atoms with Crippen LogP contribution in [0.5, 0.6) is 0 Å². The zero-order chi connectivity index (χ0) is 21.1. The summed E-state index contributed by atoms with van der Waals surface area (Å²) in [5.41, 5.74) is 1.78. The van der Waals surface area contributed by atoms with Gasteiger partial charge in [-0.15, -0.1) is 0 Å². The molecule has 0 aliphatic carbocycles. The van der Waals surface area contributed by atoms with Gasteiger partial charge in [0.15, 0.2) is 0 Å². The number of carbonyl (C=O) groups excluding carboxylic acids is 1. The second-order valence-electron chi connectivity index (χ2n) is 6.43. The summed E-state index contributed by atoms with van der Waals surface area (Å²) in [5.74, 6) is -0.600. The SMILES string of the molecule is CCOC(=O)/C=C/c1cc2c(=O)n(-c3ccc(Br)c(C)c3)c(CC)nc2cc1F. The van der Waals surface area contributed by atoms with Crippen LogP contribution in [0, 0.1) is 12.7 Å². The summed E-state index contributed by atoms with van der Waals surface area (Å²) in [5, 5.41) is 0.271. The van der Waals surface area contributed by atoms with E-state index < -0.39 is 11.8 Å². The van der Waals surface area contributed by atoms with Crippen LogP contribution in [0.2, 0.25) is 0 Å². The Morgan fingerprint density at radius 1 is 1.28 bits per heavy atom. The zero-order valence-electron chi connectivity index (χ0n) is 16.3. The summed E-state index contributed by atoms with van der Waals surface area (Å²) < 4.78 is 21.8. The molecular weight excluding hydrogens is 439 g/mol. The Labute approximate surface area is 176 Å². The quantitative estimate of drug-likeness (QED) is 0.409. The zero-order valence-corrected chi connectivity index (χ0v) is 17.9. The molecule has 0 unspecified atom stereocenters. The highest BCUT2D eigenvalue weighted by Crippen LogP contribution is 2.22. The smallest absolute Gasteiger partial charge is 0.330 e. The molecule has 0 amide bonds. The molecule has 29 heavy (non-hydrogen) atoms. The Hall–Kier alpha value is -2.80. The van der Waals surface area contributed by atoms with Crippen LogP contribution in [0.3, 0.4) is 0 Å². The van der Waals surface area contributed by atoms with Crippen molar-refractivity contribution in [1.82, 2.24) is 9.55 Å². The molecule has 1 heterocycles. The van der Waals surface area contributed by atoms with E-state index >= 15 is 0 Å². The largest absolute Gasteiger partial charge is 0.463 e. The Morgan fingerprint density at radius 3 is 2.69 bits per heavy atom. The van der Waals surface area contributed by atoms with E-state index in [1.165, 1.54) is 18.2 Å². The molecule has 5 nitrogen and oxygen atoms in total. The molecule has 0 fully saturated rings. The van der Waals surface area contributed by atoms with Crippen molar-refractivity contribution in [3.63, 3.8) is 0 Å². The second-order valence-corrected chi connectivity index (χ2v) is 7.29. The van der Waals surface area contributed by atoms with Gasteiger partial charge in [0.1, 0.15) is 11.6 Å². The number of ether oxygens (including phenoxy) is 1. The van der Waals surface area contributed by atoms with Crippen LogP contribution in [-0.4, -0.2) is 22.1 Å². The van der Waals surface area contributed by atoms with Gasteiger partial charge in [0.05, 0.1) is 23.2 Å². The summed E-state index contributed by atoms with van der Waals surface area (Å²) in [6.07, 6.45) is 2.94. The van der Waals surface area contributed by atoms with Crippen LogP contribution in [-0.2, 0) is 16.0 Å². The maximum Gasteiger partial charge on any atom is 0.330 e. The van der Waals surface area contributed by atoms with Crippen LogP contribution < -0.4 is 5.56 Å². The molecule has 0 aliphatic rings. The average Bonchev–Trinajstić information content (AvgIpc) is 2.69. The number of benzene rings is 2. The van der Waals surface area contributed by atoms with Crippen molar-refractivity contribution in [1.29, 1.82) is 0 Å². The van der Waals surface area contributed by atoms with E-state index in [9.17, 15) is 14.0 Å². The predicted octanol–water partition coefficient (Wildman–Crippen LogP) is 4.73. The minimum absolute atomic E-state index is 0.118. The van der Waals surface area contributed by atoms with E-state index in [1.54, 1.807) is 11.5 Å². The van der Waals surface area contributed by atoms with Crippen molar-refractivity contribution < 1.29 is 13.9 Å². The molecule has 0 saturated carbocycles. The Balaban J connectivity index is 2.21. The van der Waals surface area contributed by atoms with Gasteiger partial charge in [-0.05, 0) is 49.8 Å². The molecule has 0 bridgehead atoms. The van der Waals surface area contributed by atoms with E-state index in [0.717, 1.165) is 16.1 Å². The van der Waals surface area contributed by atoms with Gasteiger partial charge in [-0.2, -0.15) is 0 Å². The summed E-state index contributed by atoms with van der Waals surface area (Å²) in [6, 6.07) is 8.23. The first kappa shape index (κ1) is 20.9. The molecule has 0 radical (unpaired) electrons. The van der Waals surface area contributed by atoms with Crippen LogP contribution in [0.1, 0.15) is 30.8 Å². The van der Waals surface area contributed by atoms with E-state index in [4.69, 9.17) is 4.74 Å². The number of halogens is 2. The van der Waals surface area contributed by atoms with Crippen molar-refractivity contribution in [2.24, 2.45) is 0 Å². The van der Waals surface area contributed by atoms with Gasteiger partial charge < -0.3 is 4.74 Å². The van der Waals surface area contributed by atoms with Crippen LogP contribution in [0.4, 0.5) is 4.39 Å². The van der Waals surface area contributed by atoms with Gasteiger partial charge in [-0.25, -0.2) is 14.2 Å². The molecule has 1 aromatic heterocycles. The molecule has 2 aromatic carbocycles. The van der Waals surface area contributed by atoms with Gasteiger partial charge in [-0.1, -0.05) is 22.9 Å². The Morgan fingerprint density at radius 2 is 2.03 bits per heavy atom. The number of hydrogen-bond acceptors (Lipinski definition) is 4. The van der Waals surface area contributed by atoms with E-state index in [0.29, 0.717) is 17.9 Å². The minimum Gasteiger partial charge on any atom is -0.463 e. The lowest BCUT2D eigenvalue weighted by Crippen LogP contribution is -2.24. The third-order valence-electron chi connectivity index (χ3n) is 4.46. The first-order valence-corrected chi connectivity index (χ1v) is 10.0. The molecule has 7 heteroatoms. The molecule has 150 valence electrons. The van der Waals surface area contributed by atoms with Crippen molar-refractivity contribution in [2.75, 3.05) is 6.61 Å². The second kappa shape index (κ2) is 8.69. The molecule has 0 spiro atoms. The first-order valence-electron chi connectivity index (χ1n) is 9.22. The molecule has 0 atom stereocenters. The highest BCUT2D eigenvalue weighted by Gasteiger charge is 2.15. The average molecular weight is 459 g/mol. The summed E-state index contributed by atoms with van der Waals surface area (Å²) >= 11 is 3.46. The van der Waals surface area contributed by atoms with Crippen molar-refractivity contribution in [3.05, 3.63) is 74.0 Å². The fourth-order valence-electron chi connectivity index (χ4n) is 3.02. The van der Waals surface area contributed by atoms with Gasteiger partial charge in [0, 0.05) is 28.6 Å². The highest BCUT2D eigenvalue weighted by atomic mass is 79.9. The fraction of sp³-hybridized carbons (Fsp3) is 0.227. The molecule has 3 aromatic rings. The van der Waals surface area contributed by atoms with Gasteiger partial charge in [-0.3, -0.25) is 9.36 Å². The lowest BCUT2D eigenvalue weighted by molar-refractivity contribution is -0.137. The van der Waals surface area contributed by atoms with Gasteiger partial charge in [0.25, 0.3) is 5.56 Å². The van der Waals surface area contributed by atoms with E-state index in [1.807, 2.05) is 32.0 Å². The Kier molecular flexibility index (Phi) is 6.27. The van der Waals surface area contributed by atoms with Crippen molar-refractivity contribution in [3.8, 4) is 5.69 Å².